The molecule has 3 rings (SSSR count). The molecule has 4 nitrogen and oxygen atoms in total. The van der Waals surface area contributed by atoms with E-state index in [1.165, 1.54) is 18.2 Å². The molecule has 0 unspecified atom stereocenters. The molecule has 20 heavy (non-hydrogen) atoms. The van der Waals surface area contributed by atoms with E-state index in [9.17, 15) is 4.39 Å². The Kier molecular flexibility index (Phi) is 3.12. The quantitative estimate of drug-likeness (QED) is 0.729. The number of halogens is 2. The van der Waals surface area contributed by atoms with Crippen LogP contribution in [0.15, 0.2) is 47.0 Å². The van der Waals surface area contributed by atoms with E-state index in [0.717, 1.165) is 0 Å². The van der Waals surface area contributed by atoms with Crippen molar-refractivity contribution in [3.63, 3.8) is 0 Å². The number of aromatic nitrogens is 2. The first-order chi connectivity index (χ1) is 9.63. The molecule has 0 amide bonds. The monoisotopic (exact) mass is 289 g/mol. The number of benzene rings is 2. The second kappa shape index (κ2) is 4.94. The molecule has 1 aromatic heterocycles. The maximum Gasteiger partial charge on any atom is 0.258 e. The summed E-state index contributed by atoms with van der Waals surface area (Å²) in [6, 6.07) is 11.1. The van der Waals surface area contributed by atoms with Crippen LogP contribution in [0.5, 0.6) is 0 Å². The molecule has 3 aromatic rings. The van der Waals surface area contributed by atoms with Gasteiger partial charge in [-0.25, -0.2) is 4.39 Å². The topological polar surface area (TPSA) is 64.9 Å². The summed E-state index contributed by atoms with van der Waals surface area (Å²) in [7, 11) is 0. The standard InChI is InChI=1S/C14H9ClFN3O/c15-12-7-9(16)4-5-11(12)13-18-14(20-19-13)8-2-1-3-10(17)6-8/h1-7H,17H2. The van der Waals surface area contributed by atoms with Crippen molar-refractivity contribution >= 4 is 17.3 Å². The molecule has 100 valence electrons. The Labute approximate surface area is 119 Å². The molecule has 0 spiro atoms. The van der Waals surface area contributed by atoms with Gasteiger partial charge in [0.25, 0.3) is 5.89 Å². The number of hydrogen-bond donors (Lipinski definition) is 1. The molecular weight excluding hydrogens is 281 g/mol. The maximum absolute atomic E-state index is 13.0. The molecule has 2 aromatic carbocycles. The third kappa shape index (κ3) is 2.35. The van der Waals surface area contributed by atoms with Gasteiger partial charge in [-0.15, -0.1) is 0 Å². The van der Waals surface area contributed by atoms with Crippen LogP contribution < -0.4 is 5.73 Å². The third-order valence-electron chi connectivity index (χ3n) is 2.73. The van der Waals surface area contributed by atoms with Crippen molar-refractivity contribution in [3.05, 3.63) is 53.3 Å². The lowest BCUT2D eigenvalue weighted by atomic mass is 10.2. The smallest absolute Gasteiger partial charge is 0.258 e. The number of rotatable bonds is 2. The minimum atomic E-state index is -0.418. The Morgan fingerprint density at radius 3 is 2.75 bits per heavy atom. The molecule has 0 radical (unpaired) electrons. The Balaban J connectivity index is 2.02. The van der Waals surface area contributed by atoms with Gasteiger partial charge in [-0.1, -0.05) is 22.8 Å². The van der Waals surface area contributed by atoms with Crippen molar-refractivity contribution in [1.29, 1.82) is 0 Å². The van der Waals surface area contributed by atoms with Crippen LogP contribution in [-0.4, -0.2) is 10.1 Å². The maximum atomic E-state index is 13.0. The number of hydrogen-bond acceptors (Lipinski definition) is 4. The fourth-order valence-electron chi connectivity index (χ4n) is 1.79. The highest BCUT2D eigenvalue weighted by Crippen LogP contribution is 2.28. The highest BCUT2D eigenvalue weighted by atomic mass is 35.5. The van der Waals surface area contributed by atoms with Crippen molar-refractivity contribution < 1.29 is 8.91 Å². The molecule has 0 fully saturated rings. The molecule has 6 heteroatoms. The number of nitrogens with zero attached hydrogens (tertiary/aromatic N) is 2. The first-order valence-electron chi connectivity index (χ1n) is 5.78. The molecular formula is C14H9ClFN3O. The van der Waals surface area contributed by atoms with Crippen LogP contribution in [0.1, 0.15) is 0 Å². The average Bonchev–Trinajstić information content (AvgIpc) is 2.88. The van der Waals surface area contributed by atoms with Gasteiger partial charge in [-0.2, -0.15) is 4.98 Å². The lowest BCUT2D eigenvalue weighted by Crippen LogP contribution is -1.86. The normalized spacial score (nSPS) is 10.7. The predicted molar refractivity (Wildman–Crippen MR) is 74.6 cm³/mol. The second-order valence-corrected chi connectivity index (χ2v) is 4.58. The first kappa shape index (κ1) is 12.6. The van der Waals surface area contributed by atoms with Crippen molar-refractivity contribution in [2.45, 2.75) is 0 Å². The lowest BCUT2D eigenvalue weighted by Gasteiger charge is -1.98. The van der Waals surface area contributed by atoms with Crippen LogP contribution in [0, 0.1) is 5.82 Å². The lowest BCUT2D eigenvalue weighted by molar-refractivity contribution is 0.432. The summed E-state index contributed by atoms with van der Waals surface area (Å²) in [5.41, 5.74) is 7.52. The van der Waals surface area contributed by atoms with Crippen LogP contribution in [0.3, 0.4) is 0 Å². The van der Waals surface area contributed by atoms with Crippen molar-refractivity contribution in [1.82, 2.24) is 10.1 Å². The summed E-state index contributed by atoms with van der Waals surface area (Å²) < 4.78 is 18.2. The van der Waals surface area contributed by atoms with E-state index < -0.39 is 5.82 Å². The van der Waals surface area contributed by atoms with Gasteiger partial charge in [-0.3, -0.25) is 0 Å². The summed E-state index contributed by atoms with van der Waals surface area (Å²) in [5.74, 6) is 0.207. The van der Waals surface area contributed by atoms with Crippen molar-refractivity contribution in [2.75, 3.05) is 5.73 Å². The van der Waals surface area contributed by atoms with E-state index in [1.54, 1.807) is 24.3 Å². The predicted octanol–water partition coefficient (Wildman–Crippen LogP) is 3.78. The molecule has 0 aliphatic carbocycles. The fourth-order valence-corrected chi connectivity index (χ4v) is 2.04. The molecule has 0 aliphatic heterocycles. The van der Waals surface area contributed by atoms with E-state index in [0.29, 0.717) is 28.5 Å². The second-order valence-electron chi connectivity index (χ2n) is 4.17. The summed E-state index contributed by atoms with van der Waals surface area (Å²) in [4.78, 5) is 4.24. The summed E-state index contributed by atoms with van der Waals surface area (Å²) >= 11 is 5.96. The first-order valence-corrected chi connectivity index (χ1v) is 6.16. The summed E-state index contributed by atoms with van der Waals surface area (Å²) in [5, 5.41) is 4.08. The molecule has 0 bridgehead atoms. The van der Waals surface area contributed by atoms with E-state index in [2.05, 4.69) is 10.1 Å². The van der Waals surface area contributed by atoms with Gasteiger partial charge < -0.3 is 10.3 Å². The molecule has 0 saturated carbocycles. The fraction of sp³-hybridized carbons (Fsp3) is 0. The van der Waals surface area contributed by atoms with Crippen LogP contribution in [0.4, 0.5) is 10.1 Å². The molecule has 2 N–H and O–H groups in total. The van der Waals surface area contributed by atoms with Gasteiger partial charge in [0.15, 0.2) is 0 Å². The molecule has 1 heterocycles. The van der Waals surface area contributed by atoms with Gasteiger partial charge in [0.05, 0.1) is 5.02 Å². The summed E-state index contributed by atoms with van der Waals surface area (Å²) in [6.07, 6.45) is 0. The van der Waals surface area contributed by atoms with Gasteiger partial charge in [0.1, 0.15) is 5.82 Å². The van der Waals surface area contributed by atoms with E-state index in [-0.39, 0.29) is 5.02 Å². The zero-order chi connectivity index (χ0) is 14.1. The minimum absolute atomic E-state index is 0.227. The van der Waals surface area contributed by atoms with Crippen LogP contribution >= 0.6 is 11.6 Å². The Morgan fingerprint density at radius 1 is 1.15 bits per heavy atom. The zero-order valence-corrected chi connectivity index (χ0v) is 10.9. The Bertz CT molecular complexity index is 773. The van der Waals surface area contributed by atoms with Crippen LogP contribution in [0.2, 0.25) is 5.02 Å². The van der Waals surface area contributed by atoms with Gasteiger partial charge in [-0.05, 0) is 36.4 Å². The van der Waals surface area contributed by atoms with E-state index in [4.69, 9.17) is 21.9 Å². The van der Waals surface area contributed by atoms with Crippen LogP contribution in [-0.2, 0) is 0 Å². The highest BCUT2D eigenvalue weighted by Gasteiger charge is 2.13. The van der Waals surface area contributed by atoms with Gasteiger partial charge in [0.2, 0.25) is 5.82 Å². The number of nitrogen functional groups attached to an aromatic ring is 1. The number of anilines is 1. The van der Waals surface area contributed by atoms with E-state index in [1.807, 2.05) is 0 Å². The zero-order valence-electron chi connectivity index (χ0n) is 10.2. The number of nitrogens with two attached hydrogens (primary N) is 1. The SMILES string of the molecule is Nc1cccc(-c2nc(-c3ccc(F)cc3Cl)no2)c1. The summed E-state index contributed by atoms with van der Waals surface area (Å²) in [6.45, 7) is 0. The molecule has 0 aliphatic rings. The van der Waals surface area contributed by atoms with Crippen molar-refractivity contribution in [2.24, 2.45) is 0 Å². The largest absolute Gasteiger partial charge is 0.399 e. The van der Waals surface area contributed by atoms with Crippen molar-refractivity contribution in [3.8, 4) is 22.8 Å². The average molecular weight is 290 g/mol. The van der Waals surface area contributed by atoms with E-state index >= 15 is 0 Å². The Morgan fingerprint density at radius 2 is 2.00 bits per heavy atom. The minimum Gasteiger partial charge on any atom is -0.399 e. The van der Waals surface area contributed by atoms with Crippen LogP contribution in [0.25, 0.3) is 22.8 Å². The van der Waals surface area contributed by atoms with Gasteiger partial charge in [0, 0.05) is 16.8 Å². The van der Waals surface area contributed by atoms with Gasteiger partial charge >= 0.3 is 0 Å². The highest BCUT2D eigenvalue weighted by molar-refractivity contribution is 6.33. The molecule has 0 saturated heterocycles. The molecule has 0 atom stereocenters. The Hall–Kier alpha value is -2.40. The third-order valence-corrected chi connectivity index (χ3v) is 3.04.